The average Bonchev–Trinajstić information content (AvgIpc) is 3.07. The van der Waals surface area contributed by atoms with Crippen molar-refractivity contribution in [3.8, 4) is 0 Å². The van der Waals surface area contributed by atoms with Gasteiger partial charge in [0.1, 0.15) is 0 Å². The number of hydrogen-bond donors (Lipinski definition) is 0. The van der Waals surface area contributed by atoms with Crippen LogP contribution in [-0.2, 0) is 6.54 Å². The van der Waals surface area contributed by atoms with Gasteiger partial charge in [-0.1, -0.05) is 43.3 Å². The minimum Gasteiger partial charge on any atom is -0.338 e. The van der Waals surface area contributed by atoms with E-state index in [4.69, 9.17) is 4.52 Å². The smallest absolute Gasteiger partial charge is 0.243 e. The quantitative estimate of drug-likeness (QED) is 0.842. The lowest BCUT2D eigenvalue weighted by molar-refractivity contribution is 0.0844. The number of piperazine rings is 1. The van der Waals surface area contributed by atoms with Crippen LogP contribution in [0.2, 0.25) is 0 Å². The van der Waals surface area contributed by atoms with E-state index in [1.54, 1.807) is 0 Å². The van der Waals surface area contributed by atoms with Gasteiger partial charge in [-0.2, -0.15) is 4.98 Å². The van der Waals surface area contributed by atoms with Crippen LogP contribution in [0.3, 0.4) is 0 Å². The standard InChI is InChI=1S/C19H28N4O/c1-14(2)18-20-19(24-21-18)16(4)23-11-9-22(10-12-23)13-17-8-6-5-7-15(17)3/h5-8,14,16H,9-13H2,1-4H3. The van der Waals surface area contributed by atoms with Crippen molar-refractivity contribution in [2.75, 3.05) is 26.2 Å². The lowest BCUT2D eigenvalue weighted by Crippen LogP contribution is -2.46. The van der Waals surface area contributed by atoms with E-state index in [-0.39, 0.29) is 6.04 Å². The van der Waals surface area contributed by atoms with Gasteiger partial charge in [-0.25, -0.2) is 0 Å². The van der Waals surface area contributed by atoms with Crippen LogP contribution in [0, 0.1) is 6.92 Å². The zero-order valence-electron chi connectivity index (χ0n) is 15.2. The molecular weight excluding hydrogens is 300 g/mol. The molecule has 1 aliphatic heterocycles. The van der Waals surface area contributed by atoms with E-state index in [0.29, 0.717) is 5.92 Å². The maximum atomic E-state index is 5.46. The Labute approximate surface area is 144 Å². The van der Waals surface area contributed by atoms with Crippen LogP contribution in [0.5, 0.6) is 0 Å². The summed E-state index contributed by atoms with van der Waals surface area (Å²) in [6.45, 7) is 13.8. The first-order chi connectivity index (χ1) is 11.5. The molecule has 0 bridgehead atoms. The molecule has 0 radical (unpaired) electrons. The van der Waals surface area contributed by atoms with Gasteiger partial charge in [-0.3, -0.25) is 9.80 Å². The molecule has 5 heteroatoms. The monoisotopic (exact) mass is 328 g/mol. The molecule has 5 nitrogen and oxygen atoms in total. The number of aryl methyl sites for hydroxylation is 1. The molecule has 1 aliphatic rings. The molecule has 2 aromatic rings. The fourth-order valence-electron chi connectivity index (χ4n) is 3.14. The second-order valence-corrected chi connectivity index (χ2v) is 7.06. The van der Waals surface area contributed by atoms with Crippen LogP contribution in [0.1, 0.15) is 55.6 Å². The summed E-state index contributed by atoms with van der Waals surface area (Å²) in [4.78, 5) is 9.51. The zero-order valence-corrected chi connectivity index (χ0v) is 15.2. The molecule has 0 aliphatic carbocycles. The van der Waals surface area contributed by atoms with E-state index in [2.05, 4.69) is 71.9 Å². The highest BCUT2D eigenvalue weighted by Gasteiger charge is 2.26. The molecule has 1 aromatic heterocycles. The van der Waals surface area contributed by atoms with Crippen LogP contribution in [0.4, 0.5) is 0 Å². The number of aromatic nitrogens is 2. The largest absolute Gasteiger partial charge is 0.338 e. The second-order valence-electron chi connectivity index (χ2n) is 7.06. The predicted octanol–water partition coefficient (Wildman–Crippen LogP) is 3.38. The van der Waals surface area contributed by atoms with E-state index in [9.17, 15) is 0 Å². The van der Waals surface area contributed by atoms with Gasteiger partial charge in [0.25, 0.3) is 0 Å². The van der Waals surface area contributed by atoms with Gasteiger partial charge in [-0.05, 0) is 25.0 Å². The van der Waals surface area contributed by atoms with Crippen LogP contribution >= 0.6 is 0 Å². The van der Waals surface area contributed by atoms with E-state index >= 15 is 0 Å². The van der Waals surface area contributed by atoms with Crippen LogP contribution in [0.25, 0.3) is 0 Å². The van der Waals surface area contributed by atoms with Gasteiger partial charge >= 0.3 is 0 Å². The van der Waals surface area contributed by atoms with E-state index < -0.39 is 0 Å². The van der Waals surface area contributed by atoms with E-state index in [1.165, 1.54) is 11.1 Å². The molecule has 1 fully saturated rings. The first-order valence-corrected chi connectivity index (χ1v) is 8.89. The fraction of sp³-hybridized carbons (Fsp3) is 0.579. The van der Waals surface area contributed by atoms with Crippen molar-refractivity contribution in [1.82, 2.24) is 19.9 Å². The summed E-state index contributed by atoms with van der Waals surface area (Å²) in [5.41, 5.74) is 2.80. The minimum atomic E-state index is 0.186. The summed E-state index contributed by atoms with van der Waals surface area (Å²) in [5, 5.41) is 4.09. The molecule has 3 rings (SSSR count). The molecule has 1 atom stereocenters. The van der Waals surface area contributed by atoms with Crippen LogP contribution in [0.15, 0.2) is 28.8 Å². The highest BCUT2D eigenvalue weighted by Crippen LogP contribution is 2.22. The maximum absolute atomic E-state index is 5.46. The normalized spacial score (nSPS) is 18.2. The van der Waals surface area contributed by atoms with E-state index in [0.717, 1.165) is 44.4 Å². The Kier molecular flexibility index (Phi) is 5.31. The Bertz CT molecular complexity index is 659. The van der Waals surface area contributed by atoms with Crippen molar-refractivity contribution >= 4 is 0 Å². The lowest BCUT2D eigenvalue weighted by atomic mass is 10.1. The van der Waals surface area contributed by atoms with Gasteiger partial charge in [0, 0.05) is 38.6 Å². The molecule has 24 heavy (non-hydrogen) atoms. The molecule has 0 amide bonds. The molecular formula is C19H28N4O. The highest BCUT2D eigenvalue weighted by molar-refractivity contribution is 5.25. The third kappa shape index (κ3) is 3.84. The molecule has 2 heterocycles. The summed E-state index contributed by atoms with van der Waals surface area (Å²) in [5.74, 6) is 1.85. The Balaban J connectivity index is 1.55. The van der Waals surface area contributed by atoms with Crippen molar-refractivity contribution in [1.29, 1.82) is 0 Å². The Hall–Kier alpha value is -1.72. The van der Waals surface area contributed by atoms with Crippen molar-refractivity contribution in [2.45, 2.75) is 46.2 Å². The van der Waals surface area contributed by atoms with E-state index in [1.807, 2.05) is 0 Å². The molecule has 0 saturated carbocycles. The van der Waals surface area contributed by atoms with Gasteiger partial charge in [0.05, 0.1) is 6.04 Å². The predicted molar refractivity (Wildman–Crippen MR) is 94.8 cm³/mol. The van der Waals surface area contributed by atoms with Gasteiger partial charge in [-0.15, -0.1) is 0 Å². The van der Waals surface area contributed by atoms with Crippen molar-refractivity contribution < 1.29 is 4.52 Å². The second kappa shape index (κ2) is 7.45. The molecule has 1 saturated heterocycles. The van der Waals surface area contributed by atoms with Crippen LogP contribution in [-0.4, -0.2) is 46.1 Å². The fourth-order valence-corrected chi connectivity index (χ4v) is 3.14. The number of benzene rings is 1. The summed E-state index contributed by atoms with van der Waals surface area (Å²) in [6.07, 6.45) is 0. The maximum Gasteiger partial charge on any atom is 0.243 e. The SMILES string of the molecule is Cc1ccccc1CN1CCN(C(C)c2nc(C(C)C)no2)CC1. The number of nitrogens with zero attached hydrogens (tertiary/aromatic N) is 4. The number of hydrogen-bond acceptors (Lipinski definition) is 5. The van der Waals surface area contributed by atoms with Crippen molar-refractivity contribution in [3.05, 3.63) is 47.1 Å². The zero-order chi connectivity index (χ0) is 17.1. The topological polar surface area (TPSA) is 45.4 Å². The highest BCUT2D eigenvalue weighted by atomic mass is 16.5. The Morgan fingerprint density at radius 3 is 2.42 bits per heavy atom. The molecule has 0 N–H and O–H groups in total. The summed E-state index contributed by atoms with van der Waals surface area (Å²) in [6, 6.07) is 8.84. The Morgan fingerprint density at radius 1 is 1.08 bits per heavy atom. The van der Waals surface area contributed by atoms with Gasteiger partial charge in [0.15, 0.2) is 5.82 Å². The third-order valence-corrected chi connectivity index (χ3v) is 4.94. The minimum absolute atomic E-state index is 0.186. The molecule has 1 aromatic carbocycles. The summed E-state index contributed by atoms with van der Waals surface area (Å²) in [7, 11) is 0. The molecule has 0 spiro atoms. The van der Waals surface area contributed by atoms with Gasteiger partial charge in [0.2, 0.25) is 5.89 Å². The van der Waals surface area contributed by atoms with Crippen molar-refractivity contribution in [3.63, 3.8) is 0 Å². The summed E-state index contributed by atoms with van der Waals surface area (Å²) >= 11 is 0. The first kappa shape index (κ1) is 17.1. The average molecular weight is 328 g/mol. The van der Waals surface area contributed by atoms with Crippen molar-refractivity contribution in [2.24, 2.45) is 0 Å². The van der Waals surface area contributed by atoms with Gasteiger partial charge < -0.3 is 4.52 Å². The Morgan fingerprint density at radius 2 is 1.79 bits per heavy atom. The molecule has 1 unspecified atom stereocenters. The van der Waals surface area contributed by atoms with Crippen LogP contribution < -0.4 is 0 Å². The third-order valence-electron chi connectivity index (χ3n) is 4.94. The summed E-state index contributed by atoms with van der Waals surface area (Å²) < 4.78 is 5.46. The lowest BCUT2D eigenvalue weighted by Gasteiger charge is -2.37. The molecule has 130 valence electrons. The number of rotatable bonds is 5. The first-order valence-electron chi connectivity index (χ1n) is 8.89.